The van der Waals surface area contributed by atoms with E-state index in [1.165, 1.54) is 12.1 Å². The Morgan fingerprint density at radius 2 is 1.81 bits per heavy atom. The Bertz CT molecular complexity index is 927. The van der Waals surface area contributed by atoms with Crippen LogP contribution >= 0.6 is 11.6 Å². The normalized spacial score (nSPS) is 12.7. The third-order valence-electron chi connectivity index (χ3n) is 3.64. The summed E-state index contributed by atoms with van der Waals surface area (Å²) in [5.41, 5.74) is -0.802. The molecule has 0 saturated heterocycles. The molecule has 1 aromatic heterocycles. The molecular weight excluding hydrogens is 393 g/mol. The molecule has 0 fully saturated rings. The zero-order chi connectivity index (χ0) is 19.8. The average molecular weight is 407 g/mol. The van der Waals surface area contributed by atoms with Gasteiger partial charge in [0.2, 0.25) is 15.7 Å². The highest BCUT2D eigenvalue weighted by molar-refractivity contribution is 7.93. The van der Waals surface area contributed by atoms with Crippen molar-refractivity contribution >= 4 is 33.0 Å². The van der Waals surface area contributed by atoms with Crippen LogP contribution in [0.5, 0.6) is 0 Å². The first-order chi connectivity index (χ1) is 11.9. The summed E-state index contributed by atoms with van der Waals surface area (Å²) < 4.78 is 61.1. The SMILES string of the molecule is CC(C)(C(=O)Nc1cccc(Cl)c1)S(=O)(=O)c1ccc(C(F)(F)F)cn1. The van der Waals surface area contributed by atoms with E-state index in [2.05, 4.69) is 10.3 Å². The van der Waals surface area contributed by atoms with Crippen molar-refractivity contribution in [3.63, 3.8) is 0 Å². The Kier molecular flexibility index (Phi) is 5.34. The number of amides is 1. The maximum Gasteiger partial charge on any atom is 0.417 e. The molecule has 2 aromatic rings. The van der Waals surface area contributed by atoms with Gasteiger partial charge < -0.3 is 5.32 Å². The quantitative estimate of drug-likeness (QED) is 0.834. The van der Waals surface area contributed by atoms with Crippen LogP contribution in [0.15, 0.2) is 47.6 Å². The van der Waals surface area contributed by atoms with Crippen molar-refractivity contribution in [2.45, 2.75) is 29.8 Å². The number of hydrogen-bond acceptors (Lipinski definition) is 4. The van der Waals surface area contributed by atoms with E-state index in [-0.39, 0.29) is 5.69 Å². The Balaban J connectivity index is 2.32. The largest absolute Gasteiger partial charge is 0.417 e. The number of sulfone groups is 1. The molecule has 0 bridgehead atoms. The predicted octanol–water partition coefficient (Wildman–Crippen LogP) is 3.94. The summed E-state index contributed by atoms with van der Waals surface area (Å²) in [5, 5.41) is 2.14. The molecule has 140 valence electrons. The van der Waals surface area contributed by atoms with Crippen molar-refractivity contribution in [3.8, 4) is 0 Å². The molecule has 5 nitrogen and oxygen atoms in total. The second-order valence-electron chi connectivity index (χ2n) is 5.86. The first-order valence-electron chi connectivity index (χ1n) is 7.20. The molecule has 1 N–H and O–H groups in total. The summed E-state index contributed by atoms with van der Waals surface area (Å²) in [7, 11) is -4.35. The highest BCUT2D eigenvalue weighted by Crippen LogP contribution is 2.31. The third kappa shape index (κ3) is 3.99. The van der Waals surface area contributed by atoms with Gasteiger partial charge in [0.05, 0.1) is 5.56 Å². The topological polar surface area (TPSA) is 76.1 Å². The number of anilines is 1. The number of carbonyl (C=O) groups is 1. The zero-order valence-corrected chi connectivity index (χ0v) is 15.2. The molecule has 0 aliphatic heterocycles. The van der Waals surface area contributed by atoms with Gasteiger partial charge in [-0.25, -0.2) is 13.4 Å². The van der Waals surface area contributed by atoms with E-state index in [0.717, 1.165) is 19.9 Å². The van der Waals surface area contributed by atoms with E-state index >= 15 is 0 Å². The lowest BCUT2D eigenvalue weighted by atomic mass is 10.2. The van der Waals surface area contributed by atoms with Gasteiger partial charge in [-0.05, 0) is 44.2 Å². The van der Waals surface area contributed by atoms with Crippen LogP contribution in [0.1, 0.15) is 19.4 Å². The fraction of sp³-hybridized carbons (Fsp3) is 0.250. The monoisotopic (exact) mass is 406 g/mol. The van der Waals surface area contributed by atoms with Gasteiger partial charge >= 0.3 is 6.18 Å². The maximum absolute atomic E-state index is 12.7. The number of nitrogens with zero attached hydrogens (tertiary/aromatic N) is 1. The molecular formula is C16H14ClF3N2O3S. The van der Waals surface area contributed by atoms with Crippen LogP contribution in [0.4, 0.5) is 18.9 Å². The number of benzene rings is 1. The van der Waals surface area contributed by atoms with E-state index < -0.39 is 37.3 Å². The van der Waals surface area contributed by atoms with E-state index in [1.54, 1.807) is 12.1 Å². The Morgan fingerprint density at radius 3 is 2.31 bits per heavy atom. The summed E-state index contributed by atoms with van der Waals surface area (Å²) in [6, 6.07) is 7.42. The van der Waals surface area contributed by atoms with Crippen LogP contribution < -0.4 is 5.32 Å². The first kappa shape index (κ1) is 20.2. The molecule has 0 spiro atoms. The second kappa shape index (κ2) is 6.88. The lowest BCUT2D eigenvalue weighted by molar-refractivity contribution is -0.137. The van der Waals surface area contributed by atoms with Crippen LogP contribution in [-0.2, 0) is 20.8 Å². The predicted molar refractivity (Wildman–Crippen MR) is 90.6 cm³/mol. The molecule has 26 heavy (non-hydrogen) atoms. The highest BCUT2D eigenvalue weighted by atomic mass is 35.5. The molecule has 0 saturated carbocycles. The Hall–Kier alpha value is -2.13. The summed E-state index contributed by atoms with van der Waals surface area (Å²) >= 11 is 5.81. The molecule has 0 aliphatic rings. The molecule has 10 heteroatoms. The van der Waals surface area contributed by atoms with Gasteiger partial charge in [-0.1, -0.05) is 17.7 Å². The van der Waals surface area contributed by atoms with Crippen molar-refractivity contribution < 1.29 is 26.4 Å². The fourth-order valence-electron chi connectivity index (χ4n) is 1.94. The number of hydrogen-bond donors (Lipinski definition) is 1. The second-order valence-corrected chi connectivity index (χ2v) is 8.74. The minimum Gasteiger partial charge on any atom is -0.325 e. The number of carbonyl (C=O) groups excluding carboxylic acids is 1. The van der Waals surface area contributed by atoms with E-state index in [9.17, 15) is 26.4 Å². The van der Waals surface area contributed by atoms with Gasteiger partial charge in [0.25, 0.3) is 0 Å². The number of halogens is 4. The minimum atomic E-state index is -4.64. The van der Waals surface area contributed by atoms with Gasteiger partial charge in [-0.3, -0.25) is 4.79 Å². The summed E-state index contributed by atoms with van der Waals surface area (Å²) in [6.07, 6.45) is -4.23. The molecule has 0 unspecified atom stereocenters. The van der Waals surface area contributed by atoms with Crippen molar-refractivity contribution in [1.29, 1.82) is 0 Å². The lowest BCUT2D eigenvalue weighted by Gasteiger charge is -2.23. The van der Waals surface area contributed by atoms with Crippen LogP contribution in [0.25, 0.3) is 0 Å². The molecule has 0 radical (unpaired) electrons. The number of pyridine rings is 1. The lowest BCUT2D eigenvalue weighted by Crippen LogP contribution is -2.44. The molecule has 1 heterocycles. The van der Waals surface area contributed by atoms with E-state index in [1.807, 2.05) is 0 Å². The van der Waals surface area contributed by atoms with Crippen molar-refractivity contribution in [2.24, 2.45) is 0 Å². The van der Waals surface area contributed by atoms with Crippen LogP contribution in [0.3, 0.4) is 0 Å². The molecule has 1 aromatic carbocycles. The highest BCUT2D eigenvalue weighted by Gasteiger charge is 2.44. The van der Waals surface area contributed by atoms with Gasteiger partial charge in [-0.2, -0.15) is 13.2 Å². The number of aromatic nitrogens is 1. The molecule has 0 aliphatic carbocycles. The third-order valence-corrected chi connectivity index (χ3v) is 6.20. The van der Waals surface area contributed by atoms with Gasteiger partial charge in [0.1, 0.15) is 0 Å². The van der Waals surface area contributed by atoms with Gasteiger partial charge in [0.15, 0.2) is 9.77 Å². The van der Waals surface area contributed by atoms with Crippen LogP contribution in [0.2, 0.25) is 5.02 Å². The molecule has 1 amide bonds. The fourth-order valence-corrected chi connectivity index (χ4v) is 3.39. The maximum atomic E-state index is 12.7. The first-order valence-corrected chi connectivity index (χ1v) is 9.07. The van der Waals surface area contributed by atoms with E-state index in [0.29, 0.717) is 17.3 Å². The summed E-state index contributed by atoms with van der Waals surface area (Å²) in [4.78, 5) is 15.8. The van der Waals surface area contributed by atoms with Gasteiger partial charge in [0, 0.05) is 16.9 Å². The number of rotatable bonds is 4. The average Bonchev–Trinajstić information content (AvgIpc) is 2.54. The zero-order valence-electron chi connectivity index (χ0n) is 13.6. The van der Waals surface area contributed by atoms with Crippen molar-refractivity contribution in [3.05, 3.63) is 53.2 Å². The molecule has 0 atom stereocenters. The van der Waals surface area contributed by atoms with Crippen LogP contribution in [-0.4, -0.2) is 24.1 Å². The van der Waals surface area contributed by atoms with Crippen molar-refractivity contribution in [1.82, 2.24) is 4.98 Å². The van der Waals surface area contributed by atoms with E-state index in [4.69, 9.17) is 11.6 Å². The Morgan fingerprint density at radius 1 is 1.15 bits per heavy atom. The summed E-state index contributed by atoms with van der Waals surface area (Å²) in [5.74, 6) is -0.874. The number of nitrogens with one attached hydrogen (secondary N) is 1. The molecule has 2 rings (SSSR count). The Labute approximate surface area is 153 Å². The van der Waals surface area contributed by atoms with Crippen LogP contribution in [0, 0.1) is 0 Å². The number of alkyl halides is 3. The smallest absolute Gasteiger partial charge is 0.325 e. The summed E-state index contributed by atoms with van der Waals surface area (Å²) in [6.45, 7) is 2.28. The minimum absolute atomic E-state index is 0.283. The standard InChI is InChI=1S/C16H14ClF3N2O3S/c1-15(2,14(23)22-12-5-3-4-11(17)8-12)26(24,25)13-7-6-10(9-21-13)16(18,19)20/h3-9H,1-2H3,(H,22,23). The van der Waals surface area contributed by atoms with Gasteiger partial charge in [-0.15, -0.1) is 0 Å². The van der Waals surface area contributed by atoms with Crippen molar-refractivity contribution in [2.75, 3.05) is 5.32 Å².